The zero-order valence-corrected chi connectivity index (χ0v) is 13.6. The average Bonchev–Trinajstić information content (AvgIpc) is 2.60. The maximum absolute atomic E-state index is 12.5. The number of nitrogens with one attached hydrogen (secondary N) is 2. The number of carbonyl (C=O) groups excluding carboxylic acids is 2. The van der Waals surface area contributed by atoms with Crippen LogP contribution in [0.2, 0.25) is 0 Å². The molecule has 2 amide bonds. The molecular weight excluding hydrogens is 304 g/mol. The lowest BCUT2D eigenvalue weighted by molar-refractivity contribution is 0.0959. The summed E-state index contributed by atoms with van der Waals surface area (Å²) in [5, 5.41) is 5.33. The first-order valence-electron chi connectivity index (χ1n) is 7.33. The molecule has 0 heterocycles. The van der Waals surface area contributed by atoms with Crippen LogP contribution in [-0.4, -0.2) is 25.5 Å². The summed E-state index contributed by atoms with van der Waals surface area (Å²) in [5.74, 6) is 2.30. The van der Waals surface area contributed by atoms with Gasteiger partial charge in [-0.1, -0.05) is 24.1 Å². The molecule has 0 aliphatic carbocycles. The quantitative estimate of drug-likeness (QED) is 0.832. The highest BCUT2D eigenvalue weighted by molar-refractivity contribution is 6.09. The second kappa shape index (κ2) is 7.84. The maximum atomic E-state index is 12.5. The van der Waals surface area contributed by atoms with Gasteiger partial charge in [0.2, 0.25) is 0 Å². The molecule has 122 valence electrons. The Labute approximate surface area is 141 Å². The summed E-state index contributed by atoms with van der Waals surface area (Å²) in [6, 6.07) is 11.9. The van der Waals surface area contributed by atoms with Gasteiger partial charge < -0.3 is 15.4 Å². The first-order chi connectivity index (χ1) is 11.6. The summed E-state index contributed by atoms with van der Waals surface area (Å²) in [6.45, 7) is 2.02. The van der Waals surface area contributed by atoms with Crippen molar-refractivity contribution in [2.75, 3.05) is 19.0 Å². The van der Waals surface area contributed by atoms with Crippen molar-refractivity contribution in [1.82, 2.24) is 5.32 Å². The standard InChI is InChI=1S/C19H18N2O3/c1-4-11-20-19(23)15-7-5-6-8-16(15)21-18(22)14-10-9-13(2)17(12-14)24-3/h1,5-10,12H,11H2,2-3H3,(H,20,23)(H,21,22). The van der Waals surface area contributed by atoms with Gasteiger partial charge in [-0.3, -0.25) is 9.59 Å². The van der Waals surface area contributed by atoms with Gasteiger partial charge >= 0.3 is 0 Å². The molecule has 2 aromatic rings. The van der Waals surface area contributed by atoms with Crippen LogP contribution in [0.3, 0.4) is 0 Å². The van der Waals surface area contributed by atoms with Crippen molar-refractivity contribution >= 4 is 17.5 Å². The van der Waals surface area contributed by atoms with Gasteiger partial charge in [0.05, 0.1) is 24.9 Å². The van der Waals surface area contributed by atoms with E-state index in [1.807, 2.05) is 6.92 Å². The molecule has 0 unspecified atom stereocenters. The van der Waals surface area contributed by atoms with Crippen LogP contribution in [0.25, 0.3) is 0 Å². The zero-order valence-electron chi connectivity index (χ0n) is 13.6. The number of anilines is 1. The van der Waals surface area contributed by atoms with E-state index >= 15 is 0 Å². The number of carbonyl (C=O) groups is 2. The van der Waals surface area contributed by atoms with E-state index in [1.54, 1.807) is 49.6 Å². The van der Waals surface area contributed by atoms with Gasteiger partial charge in [0.25, 0.3) is 11.8 Å². The Kier molecular flexibility index (Phi) is 5.58. The molecule has 2 aromatic carbocycles. The van der Waals surface area contributed by atoms with Gasteiger partial charge in [-0.05, 0) is 36.8 Å². The number of methoxy groups -OCH3 is 1. The Morgan fingerprint density at radius 3 is 2.62 bits per heavy atom. The van der Waals surface area contributed by atoms with Crippen LogP contribution in [-0.2, 0) is 0 Å². The van der Waals surface area contributed by atoms with E-state index in [1.165, 1.54) is 0 Å². The van der Waals surface area contributed by atoms with Gasteiger partial charge in [0.15, 0.2) is 0 Å². The summed E-state index contributed by atoms with van der Waals surface area (Å²) >= 11 is 0. The number of hydrogen-bond acceptors (Lipinski definition) is 3. The second-order valence-corrected chi connectivity index (χ2v) is 5.07. The van der Waals surface area contributed by atoms with E-state index < -0.39 is 0 Å². The topological polar surface area (TPSA) is 67.4 Å². The molecule has 0 saturated heterocycles. The van der Waals surface area contributed by atoms with Crippen LogP contribution < -0.4 is 15.4 Å². The minimum atomic E-state index is -0.342. The summed E-state index contributed by atoms with van der Waals surface area (Å²) in [5.41, 5.74) is 2.14. The average molecular weight is 322 g/mol. The number of ether oxygens (including phenoxy) is 1. The Morgan fingerprint density at radius 2 is 1.92 bits per heavy atom. The van der Waals surface area contributed by atoms with Gasteiger partial charge in [0, 0.05) is 5.56 Å². The van der Waals surface area contributed by atoms with Crippen molar-refractivity contribution in [1.29, 1.82) is 0 Å². The first-order valence-corrected chi connectivity index (χ1v) is 7.33. The molecule has 2 N–H and O–H groups in total. The normalized spacial score (nSPS) is 9.71. The molecule has 0 spiro atoms. The molecule has 0 fully saturated rings. The number of amides is 2. The maximum Gasteiger partial charge on any atom is 0.255 e. The lowest BCUT2D eigenvalue weighted by atomic mass is 10.1. The third kappa shape index (κ3) is 3.93. The minimum Gasteiger partial charge on any atom is -0.496 e. The molecule has 2 rings (SSSR count). The predicted molar refractivity (Wildman–Crippen MR) is 93.3 cm³/mol. The molecular formula is C19H18N2O3. The van der Waals surface area contributed by atoms with Crippen molar-refractivity contribution in [3.05, 3.63) is 59.2 Å². The Bertz CT molecular complexity index is 806. The van der Waals surface area contributed by atoms with Crippen molar-refractivity contribution in [3.63, 3.8) is 0 Å². The third-order valence-electron chi connectivity index (χ3n) is 3.44. The van der Waals surface area contributed by atoms with E-state index in [0.717, 1.165) is 5.56 Å². The SMILES string of the molecule is C#CCNC(=O)c1ccccc1NC(=O)c1ccc(C)c(OC)c1. The van der Waals surface area contributed by atoms with E-state index in [0.29, 0.717) is 22.6 Å². The summed E-state index contributed by atoms with van der Waals surface area (Å²) in [6.07, 6.45) is 5.14. The van der Waals surface area contributed by atoms with Crippen LogP contribution in [0.4, 0.5) is 5.69 Å². The van der Waals surface area contributed by atoms with Crippen LogP contribution >= 0.6 is 0 Å². The highest BCUT2D eigenvalue weighted by Crippen LogP contribution is 2.21. The number of hydrogen-bond donors (Lipinski definition) is 2. The summed E-state index contributed by atoms with van der Waals surface area (Å²) < 4.78 is 5.23. The van der Waals surface area contributed by atoms with E-state index in [2.05, 4.69) is 16.6 Å². The smallest absolute Gasteiger partial charge is 0.255 e. The fourth-order valence-electron chi connectivity index (χ4n) is 2.17. The molecule has 0 aromatic heterocycles. The van der Waals surface area contributed by atoms with Gasteiger partial charge in [0.1, 0.15) is 5.75 Å². The lowest BCUT2D eigenvalue weighted by Gasteiger charge is -2.12. The minimum absolute atomic E-state index is 0.121. The lowest BCUT2D eigenvalue weighted by Crippen LogP contribution is -2.25. The van der Waals surface area contributed by atoms with Crippen molar-refractivity contribution in [2.45, 2.75) is 6.92 Å². The van der Waals surface area contributed by atoms with E-state index in [4.69, 9.17) is 11.2 Å². The fourth-order valence-corrected chi connectivity index (χ4v) is 2.17. The molecule has 5 heteroatoms. The van der Waals surface area contributed by atoms with Crippen LogP contribution in [0, 0.1) is 19.3 Å². The van der Waals surface area contributed by atoms with Gasteiger partial charge in [-0.25, -0.2) is 0 Å². The first kappa shape index (κ1) is 17.1. The van der Waals surface area contributed by atoms with Gasteiger partial charge in [-0.15, -0.1) is 6.42 Å². The Balaban J connectivity index is 2.23. The van der Waals surface area contributed by atoms with Crippen molar-refractivity contribution < 1.29 is 14.3 Å². The Morgan fingerprint density at radius 1 is 1.17 bits per heavy atom. The van der Waals surface area contributed by atoms with Gasteiger partial charge in [-0.2, -0.15) is 0 Å². The largest absolute Gasteiger partial charge is 0.496 e. The summed E-state index contributed by atoms with van der Waals surface area (Å²) in [7, 11) is 1.55. The van der Waals surface area contributed by atoms with E-state index in [9.17, 15) is 9.59 Å². The molecule has 0 aliphatic rings. The van der Waals surface area contributed by atoms with Crippen LogP contribution in [0.15, 0.2) is 42.5 Å². The predicted octanol–water partition coefficient (Wildman–Crippen LogP) is 2.62. The molecule has 0 saturated carbocycles. The Hall–Kier alpha value is -3.26. The number of para-hydroxylation sites is 1. The molecule has 0 aliphatic heterocycles. The number of benzene rings is 2. The molecule has 0 bridgehead atoms. The highest BCUT2D eigenvalue weighted by atomic mass is 16.5. The van der Waals surface area contributed by atoms with E-state index in [-0.39, 0.29) is 18.4 Å². The molecule has 24 heavy (non-hydrogen) atoms. The van der Waals surface area contributed by atoms with Crippen molar-refractivity contribution in [3.8, 4) is 18.1 Å². The number of terminal acetylenes is 1. The van der Waals surface area contributed by atoms with Crippen LogP contribution in [0.1, 0.15) is 26.3 Å². The third-order valence-corrected chi connectivity index (χ3v) is 3.44. The second-order valence-electron chi connectivity index (χ2n) is 5.07. The summed E-state index contributed by atoms with van der Waals surface area (Å²) in [4.78, 5) is 24.6. The number of aryl methyl sites for hydroxylation is 1. The zero-order chi connectivity index (χ0) is 17.5. The molecule has 0 atom stereocenters. The fraction of sp³-hybridized carbons (Fsp3) is 0.158. The molecule has 0 radical (unpaired) electrons. The molecule has 5 nitrogen and oxygen atoms in total. The monoisotopic (exact) mass is 322 g/mol. The van der Waals surface area contributed by atoms with Crippen molar-refractivity contribution in [2.24, 2.45) is 0 Å². The number of rotatable bonds is 5. The van der Waals surface area contributed by atoms with Crippen LogP contribution in [0.5, 0.6) is 5.75 Å². The highest BCUT2D eigenvalue weighted by Gasteiger charge is 2.14.